The van der Waals surface area contributed by atoms with Crippen LogP contribution in [0.25, 0.3) is 0 Å². The largest absolute Gasteiger partial charge is 0.487 e. The number of ether oxygens (including phenoxy) is 2. The van der Waals surface area contributed by atoms with Gasteiger partial charge in [0.2, 0.25) is 0 Å². The van der Waals surface area contributed by atoms with Crippen molar-refractivity contribution in [3.63, 3.8) is 0 Å². The molecule has 1 aromatic rings. The van der Waals surface area contributed by atoms with Crippen LogP contribution in [0.2, 0.25) is 0 Å². The number of rotatable bonds is 13. The van der Waals surface area contributed by atoms with Crippen molar-refractivity contribution in [1.82, 2.24) is 0 Å². The maximum absolute atomic E-state index is 11.5. The number of benzene rings is 1. The average Bonchev–Trinajstić information content (AvgIpc) is 2.70. The molecule has 0 bridgehead atoms. The van der Waals surface area contributed by atoms with E-state index in [1.807, 2.05) is 13.8 Å². The van der Waals surface area contributed by atoms with Gasteiger partial charge >= 0.3 is 5.97 Å². The van der Waals surface area contributed by atoms with Crippen LogP contribution in [0.3, 0.4) is 0 Å². The fraction of sp³-hybridized carbons (Fsp3) is 0.767. The summed E-state index contributed by atoms with van der Waals surface area (Å²) in [5, 5.41) is 0. The molecule has 3 nitrogen and oxygen atoms in total. The maximum atomic E-state index is 11.5. The zero-order chi connectivity index (χ0) is 24.6. The van der Waals surface area contributed by atoms with E-state index in [0.717, 1.165) is 53.9 Å². The fourth-order valence-electron chi connectivity index (χ4n) is 5.35. The van der Waals surface area contributed by atoms with Crippen LogP contribution in [0.15, 0.2) is 6.07 Å². The van der Waals surface area contributed by atoms with Crippen LogP contribution in [0.1, 0.15) is 122 Å². The van der Waals surface area contributed by atoms with Gasteiger partial charge in [-0.2, -0.15) is 0 Å². The molecule has 1 aliphatic heterocycles. The molecule has 0 aromatic heterocycles. The molecule has 1 aromatic carbocycles. The lowest BCUT2D eigenvalue weighted by Crippen LogP contribution is -2.36. The summed E-state index contributed by atoms with van der Waals surface area (Å²) >= 11 is 0. The van der Waals surface area contributed by atoms with Crippen molar-refractivity contribution in [2.45, 2.75) is 132 Å². The number of esters is 1. The first-order valence-electron chi connectivity index (χ1n) is 13.5. The zero-order valence-corrected chi connectivity index (χ0v) is 22.8. The Labute approximate surface area is 204 Å². The minimum absolute atomic E-state index is 0.0977. The smallest absolute Gasteiger partial charge is 0.308 e. The van der Waals surface area contributed by atoms with Crippen molar-refractivity contribution in [2.75, 3.05) is 0 Å². The topological polar surface area (TPSA) is 35.5 Å². The number of carbonyl (C=O) groups is 1. The van der Waals surface area contributed by atoms with Gasteiger partial charge in [0, 0.05) is 12.5 Å². The molecule has 0 unspecified atom stereocenters. The molecule has 33 heavy (non-hydrogen) atoms. The third-order valence-electron chi connectivity index (χ3n) is 7.58. The van der Waals surface area contributed by atoms with Crippen molar-refractivity contribution < 1.29 is 14.3 Å². The highest BCUT2D eigenvalue weighted by atomic mass is 16.5. The molecule has 188 valence electrons. The van der Waals surface area contributed by atoms with Crippen LogP contribution in [0, 0.1) is 31.6 Å². The van der Waals surface area contributed by atoms with E-state index in [1.165, 1.54) is 63.9 Å². The van der Waals surface area contributed by atoms with Crippen molar-refractivity contribution in [3.8, 4) is 11.5 Å². The second kappa shape index (κ2) is 12.8. The predicted molar refractivity (Wildman–Crippen MR) is 139 cm³/mol. The van der Waals surface area contributed by atoms with Gasteiger partial charge in [-0.1, -0.05) is 72.6 Å². The lowest BCUT2D eigenvalue weighted by Gasteiger charge is -2.37. The van der Waals surface area contributed by atoms with Crippen molar-refractivity contribution in [1.29, 1.82) is 0 Å². The number of hydrogen-bond donors (Lipinski definition) is 0. The zero-order valence-electron chi connectivity index (χ0n) is 22.8. The van der Waals surface area contributed by atoms with E-state index in [-0.39, 0.29) is 11.6 Å². The summed E-state index contributed by atoms with van der Waals surface area (Å²) in [7, 11) is 0. The summed E-state index contributed by atoms with van der Waals surface area (Å²) in [5.41, 5.74) is 3.12. The minimum Gasteiger partial charge on any atom is -0.487 e. The van der Waals surface area contributed by atoms with E-state index in [2.05, 4.69) is 40.7 Å². The Kier molecular flexibility index (Phi) is 10.8. The van der Waals surface area contributed by atoms with E-state index in [1.54, 1.807) is 0 Å². The molecule has 2 rings (SSSR count). The van der Waals surface area contributed by atoms with Crippen LogP contribution < -0.4 is 9.47 Å². The highest BCUT2D eigenvalue weighted by Gasteiger charge is 2.33. The second-order valence-corrected chi connectivity index (χ2v) is 11.6. The Hall–Kier alpha value is -1.51. The van der Waals surface area contributed by atoms with Gasteiger partial charge < -0.3 is 9.47 Å². The molecular weight excluding hydrogens is 408 g/mol. The van der Waals surface area contributed by atoms with Gasteiger partial charge in [0.05, 0.1) is 0 Å². The molecule has 0 saturated carbocycles. The minimum atomic E-state index is -0.266. The molecule has 0 aliphatic carbocycles. The van der Waals surface area contributed by atoms with Crippen molar-refractivity contribution >= 4 is 5.97 Å². The SMILES string of the molecule is CC(=O)Oc1c(C)cc2c(c1C)CC[C@](C)(CCC[C@@H](C)CCC[C@@H](C)CCCC(C)C)O2. The van der Waals surface area contributed by atoms with Gasteiger partial charge in [-0.25, -0.2) is 0 Å². The van der Waals surface area contributed by atoms with Gasteiger partial charge in [-0.05, 0) is 81.4 Å². The van der Waals surface area contributed by atoms with Gasteiger partial charge in [0.15, 0.2) is 0 Å². The van der Waals surface area contributed by atoms with Crippen LogP contribution >= 0.6 is 0 Å². The average molecular weight is 459 g/mol. The molecule has 0 fully saturated rings. The third kappa shape index (κ3) is 8.98. The highest BCUT2D eigenvalue weighted by Crippen LogP contribution is 2.42. The second-order valence-electron chi connectivity index (χ2n) is 11.6. The van der Waals surface area contributed by atoms with E-state index < -0.39 is 0 Å². The van der Waals surface area contributed by atoms with E-state index >= 15 is 0 Å². The molecule has 3 heteroatoms. The normalized spacial score (nSPS) is 19.7. The predicted octanol–water partition coefficient (Wildman–Crippen LogP) is 8.75. The number of aryl methyl sites for hydroxylation is 1. The molecule has 3 atom stereocenters. The van der Waals surface area contributed by atoms with Gasteiger partial charge in [-0.15, -0.1) is 0 Å². The first-order valence-corrected chi connectivity index (χ1v) is 13.5. The third-order valence-corrected chi connectivity index (χ3v) is 7.58. The van der Waals surface area contributed by atoms with Crippen LogP contribution in [0.4, 0.5) is 0 Å². The van der Waals surface area contributed by atoms with Gasteiger partial charge in [0.1, 0.15) is 17.1 Å². The highest BCUT2D eigenvalue weighted by molar-refractivity contribution is 5.71. The molecular formula is C30H50O3. The summed E-state index contributed by atoms with van der Waals surface area (Å²) in [6.45, 7) is 17.3. The number of carbonyl (C=O) groups excluding carboxylic acids is 1. The molecule has 0 radical (unpaired) electrons. The summed E-state index contributed by atoms with van der Waals surface area (Å²) in [6, 6.07) is 2.06. The summed E-state index contributed by atoms with van der Waals surface area (Å²) in [5.74, 6) is 3.93. The first-order chi connectivity index (χ1) is 15.5. The molecule has 0 N–H and O–H groups in total. The van der Waals surface area contributed by atoms with Crippen LogP contribution in [-0.4, -0.2) is 11.6 Å². The quantitative estimate of drug-likeness (QED) is 0.219. The van der Waals surface area contributed by atoms with Crippen molar-refractivity contribution in [3.05, 3.63) is 22.8 Å². The molecule has 1 heterocycles. The lowest BCUT2D eigenvalue weighted by atomic mass is 9.85. The molecule has 0 spiro atoms. The summed E-state index contributed by atoms with van der Waals surface area (Å²) < 4.78 is 12.0. The molecule has 0 saturated heterocycles. The van der Waals surface area contributed by atoms with Gasteiger partial charge in [0.25, 0.3) is 0 Å². The molecule has 0 amide bonds. The van der Waals surface area contributed by atoms with Gasteiger partial charge in [-0.3, -0.25) is 4.79 Å². The van der Waals surface area contributed by atoms with E-state index in [0.29, 0.717) is 5.75 Å². The summed E-state index contributed by atoms with van der Waals surface area (Å²) in [6.07, 6.45) is 13.9. The maximum Gasteiger partial charge on any atom is 0.308 e. The Bertz CT molecular complexity index is 766. The Morgan fingerprint density at radius 1 is 1.00 bits per heavy atom. The lowest BCUT2D eigenvalue weighted by molar-refractivity contribution is -0.132. The Morgan fingerprint density at radius 2 is 1.58 bits per heavy atom. The monoisotopic (exact) mass is 458 g/mol. The van der Waals surface area contributed by atoms with E-state index in [4.69, 9.17) is 9.47 Å². The Morgan fingerprint density at radius 3 is 2.15 bits per heavy atom. The van der Waals surface area contributed by atoms with Crippen LogP contribution in [0.5, 0.6) is 11.5 Å². The summed E-state index contributed by atoms with van der Waals surface area (Å²) in [4.78, 5) is 11.5. The fourth-order valence-corrected chi connectivity index (χ4v) is 5.35. The number of fused-ring (bicyclic) bond motifs is 1. The first kappa shape index (κ1) is 27.7. The number of hydrogen-bond acceptors (Lipinski definition) is 3. The van der Waals surface area contributed by atoms with Crippen LogP contribution in [-0.2, 0) is 11.2 Å². The standard InChI is InChI=1S/C30H50O3/c1-21(2)12-9-13-22(3)14-10-15-23(4)16-11-18-30(8)19-17-27-25(6)29(32-26(7)31)24(5)20-28(27)33-30/h20-23H,9-19H2,1-8H3/t22-,23-,30-/m0/s1. The van der Waals surface area contributed by atoms with E-state index in [9.17, 15) is 4.79 Å². The van der Waals surface area contributed by atoms with Crippen molar-refractivity contribution in [2.24, 2.45) is 17.8 Å². The Balaban J connectivity index is 1.76. The molecule has 1 aliphatic rings.